The van der Waals surface area contributed by atoms with Gasteiger partial charge >= 0.3 is 0 Å². The van der Waals surface area contributed by atoms with Gasteiger partial charge in [-0.25, -0.2) is 4.39 Å². The van der Waals surface area contributed by atoms with Crippen LogP contribution in [-0.2, 0) is 17.8 Å². The van der Waals surface area contributed by atoms with Gasteiger partial charge in [-0.1, -0.05) is 30.3 Å². The SMILES string of the molecule is O=C(Cc1ccccc1)NCCn1ncc(-c2ccncc2)c1-c1ccc(F)cc1. The van der Waals surface area contributed by atoms with E-state index in [2.05, 4.69) is 15.4 Å². The highest BCUT2D eigenvalue weighted by atomic mass is 19.1. The van der Waals surface area contributed by atoms with E-state index in [1.165, 1.54) is 12.1 Å². The van der Waals surface area contributed by atoms with Gasteiger partial charge in [0.25, 0.3) is 0 Å². The lowest BCUT2D eigenvalue weighted by Gasteiger charge is -2.11. The van der Waals surface area contributed by atoms with E-state index in [1.54, 1.807) is 30.7 Å². The second-order valence-electron chi connectivity index (χ2n) is 6.89. The second kappa shape index (κ2) is 9.13. The molecule has 0 aliphatic carbocycles. The molecule has 150 valence electrons. The molecule has 1 amide bonds. The molecule has 0 bridgehead atoms. The van der Waals surface area contributed by atoms with Crippen LogP contribution in [0.25, 0.3) is 22.4 Å². The van der Waals surface area contributed by atoms with Crippen molar-refractivity contribution in [3.05, 3.63) is 96.7 Å². The van der Waals surface area contributed by atoms with Crippen LogP contribution in [0.4, 0.5) is 4.39 Å². The number of nitrogens with zero attached hydrogens (tertiary/aromatic N) is 3. The van der Waals surface area contributed by atoms with Crippen molar-refractivity contribution < 1.29 is 9.18 Å². The smallest absolute Gasteiger partial charge is 0.224 e. The first-order valence-corrected chi connectivity index (χ1v) is 9.73. The topological polar surface area (TPSA) is 59.8 Å². The molecule has 4 rings (SSSR count). The Morgan fingerprint density at radius 2 is 1.67 bits per heavy atom. The maximum absolute atomic E-state index is 13.4. The number of pyridine rings is 1. The minimum Gasteiger partial charge on any atom is -0.354 e. The first kappa shape index (κ1) is 19.5. The maximum Gasteiger partial charge on any atom is 0.224 e. The summed E-state index contributed by atoms with van der Waals surface area (Å²) in [7, 11) is 0. The highest BCUT2D eigenvalue weighted by Gasteiger charge is 2.15. The number of carbonyl (C=O) groups is 1. The highest BCUT2D eigenvalue weighted by molar-refractivity contribution is 5.81. The largest absolute Gasteiger partial charge is 0.354 e. The van der Waals surface area contributed by atoms with Gasteiger partial charge in [0.05, 0.1) is 24.9 Å². The third kappa shape index (κ3) is 4.60. The molecule has 6 heteroatoms. The number of hydrogen-bond acceptors (Lipinski definition) is 3. The zero-order valence-corrected chi connectivity index (χ0v) is 16.3. The van der Waals surface area contributed by atoms with E-state index in [-0.39, 0.29) is 11.7 Å². The van der Waals surface area contributed by atoms with E-state index in [0.717, 1.165) is 27.9 Å². The lowest BCUT2D eigenvalue weighted by Crippen LogP contribution is -2.29. The molecule has 0 radical (unpaired) electrons. The molecular weight excluding hydrogens is 379 g/mol. The lowest BCUT2D eigenvalue weighted by atomic mass is 10.0. The predicted octanol–water partition coefficient (Wildman–Crippen LogP) is 4.11. The van der Waals surface area contributed by atoms with E-state index < -0.39 is 0 Å². The van der Waals surface area contributed by atoms with Crippen molar-refractivity contribution in [3.8, 4) is 22.4 Å². The van der Waals surface area contributed by atoms with Gasteiger partial charge in [0.1, 0.15) is 5.82 Å². The van der Waals surface area contributed by atoms with E-state index in [9.17, 15) is 9.18 Å². The van der Waals surface area contributed by atoms with E-state index in [4.69, 9.17) is 0 Å². The molecule has 0 atom stereocenters. The first-order valence-electron chi connectivity index (χ1n) is 9.73. The Kier molecular flexibility index (Phi) is 5.94. The monoisotopic (exact) mass is 400 g/mol. The Hall–Kier alpha value is -3.80. The van der Waals surface area contributed by atoms with Crippen molar-refractivity contribution in [2.45, 2.75) is 13.0 Å². The Balaban J connectivity index is 1.52. The van der Waals surface area contributed by atoms with Crippen LogP contribution in [0.5, 0.6) is 0 Å². The van der Waals surface area contributed by atoms with Crippen LogP contribution >= 0.6 is 0 Å². The normalized spacial score (nSPS) is 10.7. The summed E-state index contributed by atoms with van der Waals surface area (Å²) in [5, 5.41) is 7.47. The summed E-state index contributed by atoms with van der Waals surface area (Å²) in [5.41, 5.74) is 4.61. The Morgan fingerprint density at radius 3 is 2.40 bits per heavy atom. The Bertz CT molecular complexity index is 1110. The Morgan fingerprint density at radius 1 is 0.933 bits per heavy atom. The fraction of sp³-hybridized carbons (Fsp3) is 0.125. The molecule has 2 aromatic heterocycles. The molecule has 5 nitrogen and oxygen atoms in total. The average molecular weight is 400 g/mol. The number of hydrogen-bond donors (Lipinski definition) is 1. The van der Waals surface area contributed by atoms with Crippen molar-refractivity contribution in [1.82, 2.24) is 20.1 Å². The molecule has 2 heterocycles. The van der Waals surface area contributed by atoms with Gasteiger partial charge in [0, 0.05) is 30.1 Å². The third-order valence-electron chi connectivity index (χ3n) is 4.80. The van der Waals surface area contributed by atoms with Crippen LogP contribution < -0.4 is 5.32 Å². The quantitative estimate of drug-likeness (QED) is 0.508. The average Bonchev–Trinajstić information content (AvgIpc) is 3.19. The van der Waals surface area contributed by atoms with E-state index >= 15 is 0 Å². The fourth-order valence-electron chi connectivity index (χ4n) is 3.35. The molecule has 1 N–H and O–H groups in total. The molecular formula is C24H21FN4O. The summed E-state index contributed by atoms with van der Waals surface area (Å²) >= 11 is 0. The Labute approximate surface area is 174 Å². The van der Waals surface area contributed by atoms with Crippen molar-refractivity contribution in [1.29, 1.82) is 0 Å². The molecule has 0 spiro atoms. The van der Waals surface area contributed by atoms with Gasteiger partial charge in [-0.05, 0) is 47.5 Å². The number of aromatic nitrogens is 3. The number of halogens is 1. The number of nitrogens with one attached hydrogen (secondary N) is 1. The van der Waals surface area contributed by atoms with Crippen molar-refractivity contribution in [3.63, 3.8) is 0 Å². The summed E-state index contributed by atoms with van der Waals surface area (Å²) in [6, 6.07) is 19.8. The van der Waals surface area contributed by atoms with Crippen LogP contribution in [0.1, 0.15) is 5.56 Å². The van der Waals surface area contributed by atoms with Gasteiger partial charge in [-0.2, -0.15) is 5.10 Å². The molecule has 0 saturated carbocycles. The summed E-state index contributed by atoms with van der Waals surface area (Å²) in [6.07, 6.45) is 5.59. The molecule has 0 fully saturated rings. The zero-order chi connectivity index (χ0) is 20.8. The summed E-state index contributed by atoms with van der Waals surface area (Å²) in [6.45, 7) is 0.940. The number of amides is 1. The molecule has 30 heavy (non-hydrogen) atoms. The molecule has 0 unspecified atom stereocenters. The van der Waals surface area contributed by atoms with Crippen LogP contribution in [-0.4, -0.2) is 27.2 Å². The standard InChI is InChI=1S/C24H21FN4O/c25-21-8-6-20(7-9-21)24-22(19-10-12-26-13-11-19)17-28-29(24)15-14-27-23(30)16-18-4-2-1-3-5-18/h1-13,17H,14-16H2,(H,27,30). The summed E-state index contributed by atoms with van der Waals surface area (Å²) < 4.78 is 15.3. The second-order valence-corrected chi connectivity index (χ2v) is 6.89. The lowest BCUT2D eigenvalue weighted by molar-refractivity contribution is -0.120. The van der Waals surface area contributed by atoms with Gasteiger partial charge in [0.2, 0.25) is 5.91 Å². The van der Waals surface area contributed by atoms with Gasteiger partial charge in [0.15, 0.2) is 0 Å². The number of rotatable bonds is 7. The minimum absolute atomic E-state index is 0.0361. The molecule has 4 aromatic rings. The fourth-order valence-corrected chi connectivity index (χ4v) is 3.35. The van der Waals surface area contributed by atoms with E-state index in [0.29, 0.717) is 19.5 Å². The summed E-state index contributed by atoms with van der Waals surface area (Å²) in [5.74, 6) is -0.325. The van der Waals surface area contributed by atoms with Crippen LogP contribution in [0.2, 0.25) is 0 Å². The van der Waals surface area contributed by atoms with E-state index in [1.807, 2.05) is 47.1 Å². The number of carbonyl (C=O) groups excluding carboxylic acids is 1. The van der Waals surface area contributed by atoms with Crippen LogP contribution in [0.3, 0.4) is 0 Å². The maximum atomic E-state index is 13.4. The predicted molar refractivity (Wildman–Crippen MR) is 114 cm³/mol. The first-order chi connectivity index (χ1) is 14.7. The molecule has 0 aliphatic heterocycles. The zero-order valence-electron chi connectivity index (χ0n) is 16.3. The third-order valence-corrected chi connectivity index (χ3v) is 4.80. The molecule has 0 aliphatic rings. The minimum atomic E-state index is -0.288. The van der Waals surface area contributed by atoms with Crippen molar-refractivity contribution >= 4 is 5.91 Å². The highest BCUT2D eigenvalue weighted by Crippen LogP contribution is 2.31. The number of benzene rings is 2. The summed E-state index contributed by atoms with van der Waals surface area (Å²) in [4.78, 5) is 16.3. The van der Waals surface area contributed by atoms with Crippen LogP contribution in [0, 0.1) is 5.82 Å². The van der Waals surface area contributed by atoms with Crippen molar-refractivity contribution in [2.75, 3.05) is 6.54 Å². The van der Waals surface area contributed by atoms with Crippen LogP contribution in [0.15, 0.2) is 85.3 Å². The van der Waals surface area contributed by atoms with Gasteiger partial charge < -0.3 is 5.32 Å². The molecule has 0 saturated heterocycles. The van der Waals surface area contributed by atoms with Gasteiger partial charge in [-0.15, -0.1) is 0 Å². The van der Waals surface area contributed by atoms with Crippen molar-refractivity contribution in [2.24, 2.45) is 0 Å². The van der Waals surface area contributed by atoms with Gasteiger partial charge in [-0.3, -0.25) is 14.5 Å². The molecule has 2 aromatic carbocycles.